The zero-order valence-corrected chi connectivity index (χ0v) is 20.3. The molecule has 3 aliphatic rings. The number of benzene rings is 2. The first kappa shape index (κ1) is 22.6. The fourth-order valence-electron chi connectivity index (χ4n) is 4.79. The Morgan fingerprint density at radius 2 is 1.73 bits per heavy atom. The molecule has 1 aliphatic carbocycles. The average Bonchev–Trinajstić information content (AvgIpc) is 3.31. The molecule has 33 heavy (non-hydrogen) atoms. The Kier molecular flexibility index (Phi) is 6.28. The molecule has 2 aromatic rings. The maximum absolute atomic E-state index is 13.2. The third kappa shape index (κ3) is 4.46. The van der Waals surface area contributed by atoms with Crippen molar-refractivity contribution in [2.75, 3.05) is 37.9 Å². The van der Waals surface area contributed by atoms with Crippen LogP contribution in [-0.2, 0) is 27.7 Å². The van der Waals surface area contributed by atoms with Crippen LogP contribution in [0.4, 0.5) is 5.69 Å². The van der Waals surface area contributed by atoms with Crippen LogP contribution in [0.15, 0.2) is 40.1 Å². The van der Waals surface area contributed by atoms with Crippen molar-refractivity contribution in [3.8, 4) is 11.5 Å². The van der Waals surface area contributed by atoms with Gasteiger partial charge in [-0.2, -0.15) is 4.31 Å². The van der Waals surface area contributed by atoms with Crippen LogP contribution >= 0.6 is 11.8 Å². The number of hydrogen-bond acceptors (Lipinski definition) is 6. The first-order chi connectivity index (χ1) is 16.0. The highest BCUT2D eigenvalue weighted by Gasteiger charge is 2.33. The van der Waals surface area contributed by atoms with Crippen molar-refractivity contribution in [2.45, 2.75) is 41.9 Å². The van der Waals surface area contributed by atoms with Gasteiger partial charge in [-0.05, 0) is 67.7 Å². The number of carbonyl (C=O) groups is 1. The molecule has 7 nitrogen and oxygen atoms in total. The second kappa shape index (κ2) is 9.19. The Labute approximate surface area is 198 Å². The molecule has 0 saturated carbocycles. The van der Waals surface area contributed by atoms with Gasteiger partial charge >= 0.3 is 0 Å². The molecule has 1 saturated heterocycles. The van der Waals surface area contributed by atoms with Crippen molar-refractivity contribution in [1.29, 1.82) is 0 Å². The lowest BCUT2D eigenvalue weighted by Gasteiger charge is -2.31. The van der Waals surface area contributed by atoms with E-state index in [4.69, 9.17) is 9.47 Å². The number of nitrogens with zero attached hydrogens (tertiary/aromatic N) is 1. The van der Waals surface area contributed by atoms with Crippen LogP contribution < -0.4 is 14.8 Å². The van der Waals surface area contributed by atoms with Crippen molar-refractivity contribution in [2.24, 2.45) is 5.92 Å². The van der Waals surface area contributed by atoms with Gasteiger partial charge in [0.1, 0.15) is 13.2 Å². The largest absolute Gasteiger partial charge is 0.486 e. The maximum atomic E-state index is 13.2. The van der Waals surface area contributed by atoms with Gasteiger partial charge in [-0.3, -0.25) is 4.79 Å². The number of carbonyl (C=O) groups excluding carboxylic acids is 1. The molecule has 0 aromatic heterocycles. The van der Waals surface area contributed by atoms with E-state index in [9.17, 15) is 13.2 Å². The monoisotopic (exact) mass is 488 g/mol. The smallest absolute Gasteiger partial charge is 0.243 e. The summed E-state index contributed by atoms with van der Waals surface area (Å²) in [5.41, 5.74) is 3.10. The maximum Gasteiger partial charge on any atom is 0.243 e. The SMILES string of the molecule is CSc1cc2c(cc1NC(=O)C1CCN(S(=O)(=O)c3ccc4c(c3)CCC4)CC1)OCCO2. The van der Waals surface area contributed by atoms with Crippen molar-refractivity contribution in [3.05, 3.63) is 41.5 Å². The summed E-state index contributed by atoms with van der Waals surface area (Å²) < 4.78 is 39.1. The molecule has 0 spiro atoms. The Morgan fingerprint density at radius 3 is 2.45 bits per heavy atom. The van der Waals surface area contributed by atoms with Gasteiger partial charge in [-0.15, -0.1) is 11.8 Å². The van der Waals surface area contributed by atoms with Gasteiger partial charge in [0.25, 0.3) is 0 Å². The summed E-state index contributed by atoms with van der Waals surface area (Å²) in [5, 5.41) is 3.03. The Morgan fingerprint density at radius 1 is 1.03 bits per heavy atom. The summed E-state index contributed by atoms with van der Waals surface area (Å²) in [6, 6.07) is 9.21. The van der Waals surface area contributed by atoms with Crippen LogP contribution in [0.3, 0.4) is 0 Å². The van der Waals surface area contributed by atoms with Crippen LogP contribution in [0.5, 0.6) is 11.5 Å². The average molecular weight is 489 g/mol. The van der Waals surface area contributed by atoms with E-state index in [2.05, 4.69) is 5.32 Å². The minimum absolute atomic E-state index is 0.0865. The van der Waals surface area contributed by atoms with E-state index in [-0.39, 0.29) is 11.8 Å². The zero-order valence-electron chi connectivity index (χ0n) is 18.6. The molecule has 176 valence electrons. The first-order valence-electron chi connectivity index (χ1n) is 11.4. The number of rotatable bonds is 5. The van der Waals surface area contributed by atoms with Crippen molar-refractivity contribution in [1.82, 2.24) is 4.31 Å². The van der Waals surface area contributed by atoms with Crippen LogP contribution in [0.2, 0.25) is 0 Å². The van der Waals surface area contributed by atoms with E-state index in [0.717, 1.165) is 29.7 Å². The number of piperidine rings is 1. The van der Waals surface area contributed by atoms with Gasteiger partial charge in [-0.25, -0.2) is 8.42 Å². The number of ether oxygens (including phenoxy) is 2. The quantitative estimate of drug-likeness (QED) is 0.646. The van der Waals surface area contributed by atoms with E-state index in [1.54, 1.807) is 6.07 Å². The summed E-state index contributed by atoms with van der Waals surface area (Å²) in [7, 11) is -3.54. The predicted octanol–water partition coefficient (Wildman–Crippen LogP) is 3.71. The van der Waals surface area contributed by atoms with Crippen LogP contribution in [0.25, 0.3) is 0 Å². The summed E-state index contributed by atoms with van der Waals surface area (Å²) in [6.45, 7) is 1.68. The normalized spacial score (nSPS) is 18.7. The fourth-order valence-corrected chi connectivity index (χ4v) is 6.86. The molecule has 9 heteroatoms. The molecule has 1 amide bonds. The molecule has 2 aliphatic heterocycles. The van der Waals surface area contributed by atoms with E-state index in [1.165, 1.54) is 21.6 Å². The predicted molar refractivity (Wildman–Crippen MR) is 128 cm³/mol. The lowest BCUT2D eigenvalue weighted by atomic mass is 9.97. The number of nitrogens with one attached hydrogen (secondary N) is 1. The van der Waals surface area contributed by atoms with Gasteiger partial charge < -0.3 is 14.8 Å². The highest BCUT2D eigenvalue weighted by Crippen LogP contribution is 2.39. The highest BCUT2D eigenvalue weighted by molar-refractivity contribution is 7.98. The van der Waals surface area contributed by atoms with Gasteiger partial charge in [-0.1, -0.05) is 6.07 Å². The van der Waals surface area contributed by atoms with Gasteiger partial charge in [0.2, 0.25) is 15.9 Å². The molecular weight excluding hydrogens is 460 g/mol. The summed E-state index contributed by atoms with van der Waals surface area (Å²) >= 11 is 1.53. The van der Waals surface area contributed by atoms with E-state index in [1.807, 2.05) is 30.5 Å². The van der Waals surface area contributed by atoms with Crippen molar-refractivity contribution in [3.63, 3.8) is 0 Å². The zero-order chi connectivity index (χ0) is 23.0. The highest BCUT2D eigenvalue weighted by atomic mass is 32.2. The molecule has 2 aromatic carbocycles. The number of amides is 1. The van der Waals surface area contributed by atoms with Gasteiger partial charge in [0.05, 0.1) is 10.6 Å². The van der Waals surface area contributed by atoms with Crippen LogP contribution in [-0.4, -0.2) is 51.2 Å². The second-order valence-electron chi connectivity index (χ2n) is 8.65. The third-order valence-electron chi connectivity index (χ3n) is 6.65. The molecule has 0 unspecified atom stereocenters. The third-order valence-corrected chi connectivity index (χ3v) is 9.33. The standard InChI is InChI=1S/C24H28N2O5S2/c1-32-23-15-22-21(30-11-12-31-22)14-20(23)25-24(27)17-7-9-26(10-8-17)33(28,29)19-6-5-16-3-2-4-18(16)13-19/h5-6,13-15,17H,2-4,7-12H2,1H3,(H,25,27). The van der Waals surface area contributed by atoms with Gasteiger partial charge in [0, 0.05) is 30.0 Å². The minimum Gasteiger partial charge on any atom is -0.486 e. The number of fused-ring (bicyclic) bond motifs is 2. The summed E-state index contributed by atoms with van der Waals surface area (Å²) in [6.07, 6.45) is 5.99. The Balaban J connectivity index is 1.24. The Hall–Kier alpha value is -2.23. The lowest BCUT2D eigenvalue weighted by molar-refractivity contribution is -0.120. The van der Waals surface area contributed by atoms with Crippen LogP contribution in [0.1, 0.15) is 30.4 Å². The van der Waals surface area contributed by atoms with E-state index in [0.29, 0.717) is 61.2 Å². The number of anilines is 1. The topological polar surface area (TPSA) is 84.9 Å². The molecule has 5 rings (SSSR count). The van der Waals surface area contributed by atoms with Crippen LogP contribution in [0, 0.1) is 5.92 Å². The molecule has 0 atom stereocenters. The molecule has 1 fully saturated rings. The molecule has 1 N–H and O–H groups in total. The van der Waals surface area contributed by atoms with Crippen molar-refractivity contribution < 1.29 is 22.7 Å². The summed E-state index contributed by atoms with van der Waals surface area (Å²) in [4.78, 5) is 14.3. The second-order valence-corrected chi connectivity index (χ2v) is 11.4. The number of hydrogen-bond donors (Lipinski definition) is 1. The minimum atomic E-state index is -3.54. The number of sulfonamides is 1. The lowest BCUT2D eigenvalue weighted by Crippen LogP contribution is -2.41. The molecule has 0 bridgehead atoms. The van der Waals surface area contributed by atoms with Crippen molar-refractivity contribution >= 4 is 33.4 Å². The Bertz CT molecular complexity index is 1170. The number of thioether (sulfide) groups is 1. The molecular formula is C24H28N2O5S2. The first-order valence-corrected chi connectivity index (χ1v) is 14.0. The summed E-state index contributed by atoms with van der Waals surface area (Å²) in [5.74, 6) is 0.995. The fraction of sp³-hybridized carbons (Fsp3) is 0.458. The molecule has 0 radical (unpaired) electrons. The van der Waals surface area contributed by atoms with Gasteiger partial charge in [0.15, 0.2) is 11.5 Å². The number of aryl methyl sites for hydroxylation is 2. The van der Waals surface area contributed by atoms with E-state index < -0.39 is 10.0 Å². The molecule has 2 heterocycles. The van der Waals surface area contributed by atoms with E-state index >= 15 is 0 Å².